The zero-order valence-corrected chi connectivity index (χ0v) is 14.4. The number of pyridine rings is 1. The lowest BCUT2D eigenvalue weighted by molar-refractivity contribution is -0.141. The van der Waals surface area contributed by atoms with Gasteiger partial charge in [0.25, 0.3) is 0 Å². The van der Waals surface area contributed by atoms with E-state index in [4.69, 9.17) is 5.73 Å². The highest BCUT2D eigenvalue weighted by molar-refractivity contribution is 5.97. The molecule has 0 saturated carbocycles. The molecule has 1 fully saturated rings. The van der Waals surface area contributed by atoms with Crippen molar-refractivity contribution < 1.29 is 9.59 Å². The number of piperidine rings is 1. The van der Waals surface area contributed by atoms with Crippen LogP contribution in [0.1, 0.15) is 39.5 Å². The third kappa shape index (κ3) is 5.39. The zero-order chi connectivity index (χ0) is 16.1. The fourth-order valence-corrected chi connectivity index (χ4v) is 2.68. The minimum Gasteiger partial charge on any atom is -0.384 e. The molecule has 1 atom stereocenters. The number of rotatable bonds is 5. The van der Waals surface area contributed by atoms with Gasteiger partial charge in [0.15, 0.2) is 0 Å². The maximum Gasteiger partial charge on any atom is 0.247 e. The first-order chi connectivity index (χ1) is 10.5. The van der Waals surface area contributed by atoms with Gasteiger partial charge in [-0.15, -0.1) is 12.4 Å². The molecule has 0 spiro atoms. The van der Waals surface area contributed by atoms with Crippen molar-refractivity contribution in [1.29, 1.82) is 0 Å². The van der Waals surface area contributed by atoms with Crippen molar-refractivity contribution >= 4 is 35.7 Å². The molecular formula is C16H25ClN4O2. The zero-order valence-electron chi connectivity index (χ0n) is 13.6. The summed E-state index contributed by atoms with van der Waals surface area (Å²) in [5.74, 6) is 0.649. The van der Waals surface area contributed by atoms with Gasteiger partial charge in [-0.1, -0.05) is 13.8 Å². The van der Waals surface area contributed by atoms with Crippen molar-refractivity contribution in [1.82, 2.24) is 9.88 Å². The fraction of sp³-hybridized carbons (Fsp3) is 0.562. The fourth-order valence-electron chi connectivity index (χ4n) is 2.68. The number of nitrogen functional groups attached to an aromatic ring is 1. The van der Waals surface area contributed by atoms with Gasteiger partial charge >= 0.3 is 0 Å². The van der Waals surface area contributed by atoms with E-state index in [1.165, 1.54) is 6.20 Å². The van der Waals surface area contributed by atoms with E-state index in [-0.39, 0.29) is 24.2 Å². The van der Waals surface area contributed by atoms with Gasteiger partial charge in [0.05, 0.1) is 11.9 Å². The SMILES string of the molecule is CC(C)CC(C(=O)Nc1ccc(N)nc1)N1CCCCC1=O.Cl. The lowest BCUT2D eigenvalue weighted by Crippen LogP contribution is -2.49. The number of nitrogens with one attached hydrogen (secondary N) is 1. The van der Waals surface area contributed by atoms with E-state index in [1.807, 2.05) is 0 Å². The van der Waals surface area contributed by atoms with E-state index in [2.05, 4.69) is 24.1 Å². The summed E-state index contributed by atoms with van der Waals surface area (Å²) < 4.78 is 0. The minimum atomic E-state index is -0.426. The topological polar surface area (TPSA) is 88.3 Å². The standard InChI is InChI=1S/C16H24N4O2.ClH/c1-11(2)9-13(20-8-4-3-5-15(20)21)16(22)19-12-6-7-14(17)18-10-12;/h6-7,10-11,13H,3-5,8-9H2,1-2H3,(H2,17,18)(H,19,22);1H. The Morgan fingerprint density at radius 3 is 2.70 bits per heavy atom. The Kier molecular flexibility index (Phi) is 7.29. The van der Waals surface area contributed by atoms with Gasteiger partial charge in [-0.25, -0.2) is 4.98 Å². The molecule has 1 saturated heterocycles. The van der Waals surface area contributed by atoms with E-state index in [0.29, 0.717) is 36.8 Å². The molecule has 0 bridgehead atoms. The summed E-state index contributed by atoms with van der Waals surface area (Å²) in [7, 11) is 0. The van der Waals surface area contributed by atoms with Crippen LogP contribution in [-0.4, -0.2) is 34.3 Å². The predicted molar refractivity (Wildman–Crippen MR) is 93.3 cm³/mol. The molecule has 2 heterocycles. The number of nitrogens with two attached hydrogens (primary N) is 1. The summed E-state index contributed by atoms with van der Waals surface area (Å²) in [6.07, 6.45) is 4.58. The Balaban J connectivity index is 0.00000264. The largest absolute Gasteiger partial charge is 0.384 e. The monoisotopic (exact) mass is 340 g/mol. The van der Waals surface area contributed by atoms with Gasteiger partial charge in [-0.2, -0.15) is 0 Å². The van der Waals surface area contributed by atoms with Crippen LogP contribution in [0.15, 0.2) is 18.3 Å². The van der Waals surface area contributed by atoms with Gasteiger partial charge in [-0.3, -0.25) is 9.59 Å². The third-order valence-electron chi connectivity index (χ3n) is 3.79. The van der Waals surface area contributed by atoms with Crippen LogP contribution in [0.3, 0.4) is 0 Å². The summed E-state index contributed by atoms with van der Waals surface area (Å²) in [5.41, 5.74) is 6.14. The first-order valence-corrected chi connectivity index (χ1v) is 7.79. The molecule has 23 heavy (non-hydrogen) atoms. The van der Waals surface area contributed by atoms with Crippen molar-refractivity contribution in [2.24, 2.45) is 5.92 Å². The predicted octanol–water partition coefficient (Wildman–Crippen LogP) is 2.45. The normalized spacial score (nSPS) is 16.0. The van der Waals surface area contributed by atoms with Crippen LogP contribution in [-0.2, 0) is 9.59 Å². The Bertz CT molecular complexity index is 533. The molecule has 2 rings (SSSR count). The summed E-state index contributed by atoms with van der Waals surface area (Å²) in [6, 6.07) is 2.93. The molecular weight excluding hydrogens is 316 g/mol. The third-order valence-corrected chi connectivity index (χ3v) is 3.79. The van der Waals surface area contributed by atoms with Crippen molar-refractivity contribution in [3.63, 3.8) is 0 Å². The summed E-state index contributed by atoms with van der Waals surface area (Å²) >= 11 is 0. The quantitative estimate of drug-likeness (QED) is 0.861. The average molecular weight is 341 g/mol. The Morgan fingerprint density at radius 2 is 2.13 bits per heavy atom. The second-order valence-electron chi connectivity index (χ2n) is 6.15. The van der Waals surface area contributed by atoms with Crippen LogP contribution >= 0.6 is 12.4 Å². The number of carbonyl (C=O) groups excluding carboxylic acids is 2. The molecule has 128 valence electrons. The molecule has 7 heteroatoms. The number of carbonyl (C=O) groups is 2. The molecule has 0 radical (unpaired) electrons. The number of likely N-dealkylation sites (tertiary alicyclic amines) is 1. The molecule has 1 aromatic heterocycles. The van der Waals surface area contributed by atoms with Crippen molar-refractivity contribution in [3.8, 4) is 0 Å². The van der Waals surface area contributed by atoms with Gasteiger partial charge < -0.3 is 16.0 Å². The number of halogens is 1. The van der Waals surface area contributed by atoms with E-state index in [1.54, 1.807) is 17.0 Å². The Morgan fingerprint density at radius 1 is 1.39 bits per heavy atom. The minimum absolute atomic E-state index is 0. The van der Waals surface area contributed by atoms with Gasteiger partial charge in [0.1, 0.15) is 11.9 Å². The van der Waals surface area contributed by atoms with E-state index in [9.17, 15) is 9.59 Å². The number of nitrogens with zero attached hydrogens (tertiary/aromatic N) is 2. The van der Waals surface area contributed by atoms with E-state index in [0.717, 1.165) is 12.8 Å². The maximum absolute atomic E-state index is 12.6. The molecule has 2 amide bonds. The second-order valence-corrected chi connectivity index (χ2v) is 6.15. The first-order valence-electron chi connectivity index (χ1n) is 7.79. The molecule has 6 nitrogen and oxygen atoms in total. The molecule has 1 aliphatic heterocycles. The van der Waals surface area contributed by atoms with Crippen molar-refractivity contribution in [2.75, 3.05) is 17.6 Å². The van der Waals surface area contributed by atoms with Crippen LogP contribution < -0.4 is 11.1 Å². The molecule has 0 aromatic carbocycles. The molecule has 3 N–H and O–H groups in total. The second kappa shape index (κ2) is 8.72. The highest BCUT2D eigenvalue weighted by Crippen LogP contribution is 2.20. The van der Waals surface area contributed by atoms with Gasteiger partial charge in [0.2, 0.25) is 11.8 Å². The van der Waals surface area contributed by atoms with Gasteiger partial charge in [-0.05, 0) is 37.3 Å². The summed E-state index contributed by atoms with van der Waals surface area (Å²) in [6.45, 7) is 4.77. The highest BCUT2D eigenvalue weighted by Gasteiger charge is 2.31. The number of anilines is 2. The van der Waals surface area contributed by atoms with Crippen molar-refractivity contribution in [2.45, 2.75) is 45.6 Å². The highest BCUT2D eigenvalue weighted by atomic mass is 35.5. The molecule has 1 aromatic rings. The van der Waals surface area contributed by atoms with Crippen LogP contribution in [0.4, 0.5) is 11.5 Å². The molecule has 1 unspecified atom stereocenters. The number of hydrogen-bond donors (Lipinski definition) is 2. The molecule has 1 aliphatic rings. The van der Waals surface area contributed by atoms with Crippen LogP contribution in [0.5, 0.6) is 0 Å². The van der Waals surface area contributed by atoms with Gasteiger partial charge in [0, 0.05) is 13.0 Å². The van der Waals surface area contributed by atoms with Crippen LogP contribution in [0.25, 0.3) is 0 Å². The summed E-state index contributed by atoms with van der Waals surface area (Å²) in [5, 5.41) is 2.84. The maximum atomic E-state index is 12.6. The average Bonchev–Trinajstić information content (AvgIpc) is 2.48. The molecule has 0 aliphatic carbocycles. The van der Waals surface area contributed by atoms with E-state index < -0.39 is 6.04 Å². The smallest absolute Gasteiger partial charge is 0.247 e. The van der Waals surface area contributed by atoms with E-state index >= 15 is 0 Å². The first kappa shape index (κ1) is 19.2. The number of amides is 2. The summed E-state index contributed by atoms with van der Waals surface area (Å²) in [4.78, 5) is 30.4. The lowest BCUT2D eigenvalue weighted by Gasteiger charge is -2.34. The lowest BCUT2D eigenvalue weighted by atomic mass is 9.98. The van der Waals surface area contributed by atoms with Crippen molar-refractivity contribution in [3.05, 3.63) is 18.3 Å². The van der Waals surface area contributed by atoms with Crippen LogP contribution in [0.2, 0.25) is 0 Å². The van der Waals surface area contributed by atoms with Crippen LogP contribution in [0, 0.1) is 5.92 Å². The number of hydrogen-bond acceptors (Lipinski definition) is 4. The Hall–Kier alpha value is -1.82. The number of aromatic nitrogens is 1. The Labute approximate surface area is 143 Å².